The minimum Gasteiger partial charge on any atom is -0.497 e. The Kier molecular flexibility index (Phi) is 6.13. The molecule has 1 aliphatic rings. The summed E-state index contributed by atoms with van der Waals surface area (Å²) in [6.07, 6.45) is 0.297. The summed E-state index contributed by atoms with van der Waals surface area (Å²) >= 11 is 3.39. The number of carbonyl (C=O) groups is 1. The van der Waals surface area contributed by atoms with E-state index >= 15 is 0 Å². The first-order chi connectivity index (χ1) is 14.9. The van der Waals surface area contributed by atoms with Crippen LogP contribution in [0.5, 0.6) is 5.75 Å². The van der Waals surface area contributed by atoms with Crippen molar-refractivity contribution in [3.8, 4) is 5.75 Å². The Morgan fingerprint density at radius 1 is 1.03 bits per heavy atom. The number of amides is 1. The number of nitrogens with zero attached hydrogens (tertiary/aromatic N) is 1. The highest BCUT2D eigenvalue weighted by molar-refractivity contribution is 9.10. The molecule has 0 bridgehead atoms. The summed E-state index contributed by atoms with van der Waals surface area (Å²) in [5, 5.41) is 2.86. The fourth-order valence-electron chi connectivity index (χ4n) is 3.65. The van der Waals surface area contributed by atoms with Crippen molar-refractivity contribution in [3.63, 3.8) is 0 Å². The predicted molar refractivity (Wildman–Crippen MR) is 122 cm³/mol. The van der Waals surface area contributed by atoms with Crippen LogP contribution in [-0.4, -0.2) is 31.8 Å². The van der Waals surface area contributed by atoms with Crippen LogP contribution in [0, 0.1) is 0 Å². The van der Waals surface area contributed by atoms with E-state index in [2.05, 4.69) is 21.2 Å². The van der Waals surface area contributed by atoms with Gasteiger partial charge in [-0.25, -0.2) is 8.42 Å². The molecule has 1 amide bonds. The van der Waals surface area contributed by atoms with Crippen molar-refractivity contribution in [1.29, 1.82) is 0 Å². The predicted octanol–water partition coefficient (Wildman–Crippen LogP) is 4.21. The molecule has 0 saturated heterocycles. The van der Waals surface area contributed by atoms with Gasteiger partial charge in [0.2, 0.25) is 15.9 Å². The first-order valence-corrected chi connectivity index (χ1v) is 11.9. The number of hydrogen-bond acceptors (Lipinski definition) is 4. The molecule has 0 aliphatic carbocycles. The van der Waals surface area contributed by atoms with E-state index in [1.54, 1.807) is 24.3 Å². The Labute approximate surface area is 190 Å². The Balaban J connectivity index is 1.70. The number of benzene rings is 3. The standard InChI is InChI=1S/C23H21BrN2O4S/c1-30-20-9-11-21(12-10-20)31(28,29)26-15-17-6-3-2-5-16(17)13-22(26)23(27)25-19-8-4-7-18(24)14-19/h2-12,14,22H,13,15H2,1H3,(H,25,27). The molecule has 31 heavy (non-hydrogen) atoms. The molecule has 0 aromatic heterocycles. The SMILES string of the molecule is COc1ccc(S(=O)(=O)N2Cc3ccccc3CC2C(=O)Nc2cccc(Br)c2)cc1. The zero-order valence-corrected chi connectivity index (χ0v) is 19.2. The number of nitrogens with one attached hydrogen (secondary N) is 1. The molecular weight excluding hydrogens is 480 g/mol. The molecule has 1 N–H and O–H groups in total. The average Bonchev–Trinajstić information content (AvgIpc) is 2.78. The van der Waals surface area contributed by atoms with Crippen LogP contribution in [-0.2, 0) is 27.8 Å². The molecule has 0 spiro atoms. The summed E-state index contributed by atoms with van der Waals surface area (Å²) in [6, 6.07) is 20.1. The van der Waals surface area contributed by atoms with Gasteiger partial charge < -0.3 is 10.1 Å². The number of halogens is 1. The Hall–Kier alpha value is -2.68. The van der Waals surface area contributed by atoms with Crippen LogP contribution in [0.25, 0.3) is 0 Å². The Morgan fingerprint density at radius 3 is 2.42 bits per heavy atom. The largest absolute Gasteiger partial charge is 0.497 e. The number of methoxy groups -OCH3 is 1. The molecule has 0 fully saturated rings. The van der Waals surface area contributed by atoms with Crippen LogP contribution in [0.1, 0.15) is 11.1 Å². The summed E-state index contributed by atoms with van der Waals surface area (Å²) in [7, 11) is -2.40. The Bertz CT molecular complexity index is 1210. The molecule has 3 aromatic carbocycles. The van der Waals surface area contributed by atoms with Gasteiger partial charge in [-0.1, -0.05) is 46.3 Å². The molecular formula is C23H21BrN2O4S. The van der Waals surface area contributed by atoms with E-state index in [1.165, 1.54) is 23.5 Å². The van der Waals surface area contributed by atoms with Crippen molar-refractivity contribution in [2.75, 3.05) is 12.4 Å². The van der Waals surface area contributed by atoms with Gasteiger partial charge in [0.25, 0.3) is 0 Å². The number of ether oxygens (including phenoxy) is 1. The zero-order chi connectivity index (χ0) is 22.0. The summed E-state index contributed by atoms with van der Waals surface area (Å²) in [5.41, 5.74) is 2.46. The van der Waals surface area contributed by atoms with Gasteiger partial charge in [-0.3, -0.25) is 4.79 Å². The molecule has 4 rings (SSSR count). The van der Waals surface area contributed by atoms with E-state index in [0.29, 0.717) is 17.9 Å². The monoisotopic (exact) mass is 500 g/mol. The third-order valence-corrected chi connectivity index (χ3v) is 7.63. The maximum Gasteiger partial charge on any atom is 0.244 e. The summed E-state index contributed by atoms with van der Waals surface area (Å²) in [5.74, 6) is 0.191. The lowest BCUT2D eigenvalue weighted by atomic mass is 9.95. The van der Waals surface area contributed by atoms with Crippen LogP contribution in [0.3, 0.4) is 0 Å². The highest BCUT2D eigenvalue weighted by atomic mass is 79.9. The van der Waals surface area contributed by atoms with Crippen molar-refractivity contribution in [1.82, 2.24) is 4.31 Å². The molecule has 1 aliphatic heterocycles. The van der Waals surface area contributed by atoms with E-state index in [1.807, 2.05) is 36.4 Å². The lowest BCUT2D eigenvalue weighted by Crippen LogP contribution is -2.50. The second-order valence-corrected chi connectivity index (χ2v) is 10.0. The van der Waals surface area contributed by atoms with Gasteiger partial charge in [-0.15, -0.1) is 0 Å². The second-order valence-electron chi connectivity index (χ2n) is 7.21. The molecule has 160 valence electrons. The maximum atomic E-state index is 13.5. The van der Waals surface area contributed by atoms with Gasteiger partial charge in [0.1, 0.15) is 11.8 Å². The summed E-state index contributed by atoms with van der Waals surface area (Å²) in [4.78, 5) is 13.3. The Morgan fingerprint density at radius 2 is 1.74 bits per heavy atom. The number of sulfonamides is 1. The number of anilines is 1. The topological polar surface area (TPSA) is 75.7 Å². The third-order valence-electron chi connectivity index (χ3n) is 5.27. The summed E-state index contributed by atoms with van der Waals surface area (Å²) in [6.45, 7) is 0.126. The average molecular weight is 501 g/mol. The van der Waals surface area contributed by atoms with Crippen LogP contribution in [0.2, 0.25) is 0 Å². The lowest BCUT2D eigenvalue weighted by molar-refractivity contribution is -0.120. The van der Waals surface area contributed by atoms with Crippen molar-refractivity contribution < 1.29 is 17.9 Å². The molecule has 1 heterocycles. The lowest BCUT2D eigenvalue weighted by Gasteiger charge is -2.35. The number of carbonyl (C=O) groups excluding carboxylic acids is 1. The first-order valence-electron chi connectivity index (χ1n) is 9.67. The highest BCUT2D eigenvalue weighted by Crippen LogP contribution is 2.30. The van der Waals surface area contributed by atoms with E-state index in [0.717, 1.165) is 15.6 Å². The van der Waals surface area contributed by atoms with Gasteiger partial charge in [0.15, 0.2) is 0 Å². The van der Waals surface area contributed by atoms with Crippen LogP contribution < -0.4 is 10.1 Å². The maximum absolute atomic E-state index is 13.5. The molecule has 0 radical (unpaired) electrons. The molecule has 1 atom stereocenters. The van der Waals surface area contributed by atoms with Crippen LogP contribution in [0.4, 0.5) is 5.69 Å². The van der Waals surface area contributed by atoms with E-state index in [9.17, 15) is 13.2 Å². The van der Waals surface area contributed by atoms with Gasteiger partial charge in [-0.05, 0) is 60.0 Å². The van der Waals surface area contributed by atoms with Gasteiger partial charge in [0.05, 0.1) is 12.0 Å². The fraction of sp³-hybridized carbons (Fsp3) is 0.174. The normalized spacial score (nSPS) is 16.4. The van der Waals surface area contributed by atoms with E-state index < -0.39 is 16.1 Å². The van der Waals surface area contributed by atoms with Crippen molar-refractivity contribution >= 4 is 37.5 Å². The van der Waals surface area contributed by atoms with Gasteiger partial charge >= 0.3 is 0 Å². The minimum absolute atomic E-state index is 0.118. The number of rotatable bonds is 5. The molecule has 6 nitrogen and oxygen atoms in total. The molecule has 3 aromatic rings. The third kappa shape index (κ3) is 4.51. The fourth-order valence-corrected chi connectivity index (χ4v) is 5.61. The molecule has 0 saturated carbocycles. The number of fused-ring (bicyclic) bond motifs is 1. The van der Waals surface area contributed by atoms with Crippen molar-refractivity contribution in [2.24, 2.45) is 0 Å². The highest BCUT2D eigenvalue weighted by Gasteiger charge is 2.39. The van der Waals surface area contributed by atoms with Crippen molar-refractivity contribution in [3.05, 3.63) is 88.4 Å². The van der Waals surface area contributed by atoms with E-state index in [4.69, 9.17) is 4.74 Å². The van der Waals surface area contributed by atoms with Crippen LogP contribution >= 0.6 is 15.9 Å². The van der Waals surface area contributed by atoms with Gasteiger partial charge in [-0.2, -0.15) is 4.31 Å². The van der Waals surface area contributed by atoms with Crippen LogP contribution in [0.15, 0.2) is 82.2 Å². The van der Waals surface area contributed by atoms with Gasteiger partial charge in [0, 0.05) is 16.7 Å². The molecule has 1 unspecified atom stereocenters. The number of hydrogen-bond donors (Lipinski definition) is 1. The zero-order valence-electron chi connectivity index (χ0n) is 16.8. The van der Waals surface area contributed by atoms with Crippen molar-refractivity contribution in [2.45, 2.75) is 23.9 Å². The first kappa shape index (κ1) is 21.5. The smallest absolute Gasteiger partial charge is 0.244 e. The minimum atomic E-state index is -3.92. The second kappa shape index (κ2) is 8.82. The summed E-state index contributed by atoms with van der Waals surface area (Å²) < 4.78 is 34.3. The van der Waals surface area contributed by atoms with E-state index in [-0.39, 0.29) is 17.3 Å². The molecule has 8 heteroatoms. The quantitative estimate of drug-likeness (QED) is 0.569.